The Kier molecular flexibility index (Phi) is 5.63. The Bertz CT molecular complexity index is 672. The zero-order valence-electron chi connectivity index (χ0n) is 11.0. The first-order valence-electron chi connectivity index (χ1n) is 5.81. The van der Waals surface area contributed by atoms with Gasteiger partial charge in [-0.1, -0.05) is 0 Å². The topological polar surface area (TPSA) is 106 Å². The van der Waals surface area contributed by atoms with E-state index in [0.29, 0.717) is 0 Å². The fourth-order valence-electron chi connectivity index (χ4n) is 1.50. The lowest BCUT2D eigenvalue weighted by atomic mass is 10.2. The molecule has 0 heterocycles. The Hall–Kier alpha value is -1.03. The summed E-state index contributed by atoms with van der Waals surface area (Å²) in [6.45, 7) is -0.117. The van der Waals surface area contributed by atoms with E-state index in [9.17, 15) is 21.2 Å². The zero-order chi connectivity index (χ0) is 15.4. The van der Waals surface area contributed by atoms with Gasteiger partial charge in [0.15, 0.2) is 0 Å². The normalized spacial score (nSPS) is 12.6. The van der Waals surface area contributed by atoms with Crippen LogP contribution in [0.4, 0.5) is 4.39 Å². The zero-order valence-corrected chi connectivity index (χ0v) is 12.6. The average Bonchev–Trinajstić information content (AvgIpc) is 2.34. The number of hydrogen-bond acceptors (Lipinski definition) is 5. The van der Waals surface area contributed by atoms with E-state index < -0.39 is 25.7 Å². The quantitative estimate of drug-likeness (QED) is 0.687. The fraction of sp³-hybridized carbons (Fsp3) is 0.455. The first-order chi connectivity index (χ1) is 9.15. The third kappa shape index (κ3) is 5.16. The molecule has 114 valence electrons. The lowest BCUT2D eigenvalue weighted by Gasteiger charge is -2.08. The molecule has 1 rings (SSSR count). The van der Waals surface area contributed by atoms with Crippen molar-refractivity contribution < 1.29 is 21.2 Å². The Labute approximate surface area is 118 Å². The molecule has 3 N–H and O–H groups in total. The van der Waals surface area contributed by atoms with E-state index in [-0.39, 0.29) is 35.7 Å². The molecule has 0 aliphatic heterocycles. The smallest absolute Gasteiger partial charge is 0.240 e. The van der Waals surface area contributed by atoms with Gasteiger partial charge in [-0.3, -0.25) is 0 Å². The molecule has 1 aromatic rings. The molecule has 0 unspecified atom stereocenters. The highest BCUT2D eigenvalue weighted by molar-refractivity contribution is 7.90. The molecule has 0 atom stereocenters. The summed E-state index contributed by atoms with van der Waals surface area (Å²) in [7, 11) is -6.92. The molecule has 9 heteroatoms. The first-order valence-corrected chi connectivity index (χ1v) is 9.36. The van der Waals surface area contributed by atoms with Crippen LogP contribution in [-0.4, -0.2) is 35.4 Å². The van der Waals surface area contributed by atoms with Crippen molar-refractivity contribution in [2.75, 3.05) is 18.6 Å². The van der Waals surface area contributed by atoms with Crippen molar-refractivity contribution >= 4 is 19.9 Å². The Morgan fingerprint density at radius 3 is 2.45 bits per heavy atom. The first kappa shape index (κ1) is 17.0. The summed E-state index contributed by atoms with van der Waals surface area (Å²) in [5, 5.41) is 0. The van der Waals surface area contributed by atoms with Crippen LogP contribution in [0.1, 0.15) is 12.0 Å². The van der Waals surface area contributed by atoms with Crippen LogP contribution in [0.15, 0.2) is 23.1 Å². The molecule has 0 aliphatic carbocycles. The number of nitrogens with one attached hydrogen (secondary N) is 1. The van der Waals surface area contributed by atoms with E-state index in [4.69, 9.17) is 5.73 Å². The molecule has 0 aromatic heterocycles. The van der Waals surface area contributed by atoms with Crippen molar-refractivity contribution in [3.8, 4) is 0 Å². The van der Waals surface area contributed by atoms with Crippen molar-refractivity contribution in [3.05, 3.63) is 29.6 Å². The predicted molar refractivity (Wildman–Crippen MR) is 73.8 cm³/mol. The van der Waals surface area contributed by atoms with Gasteiger partial charge >= 0.3 is 0 Å². The summed E-state index contributed by atoms with van der Waals surface area (Å²) in [6, 6.07) is 3.33. The van der Waals surface area contributed by atoms with Crippen LogP contribution in [0.3, 0.4) is 0 Å². The number of rotatable bonds is 7. The van der Waals surface area contributed by atoms with Crippen LogP contribution in [-0.2, 0) is 26.4 Å². The minimum atomic E-state index is -3.79. The van der Waals surface area contributed by atoms with Gasteiger partial charge in [-0.25, -0.2) is 25.9 Å². The van der Waals surface area contributed by atoms with Crippen LogP contribution >= 0.6 is 0 Å². The second kappa shape index (κ2) is 6.61. The second-order valence-electron chi connectivity index (χ2n) is 4.34. The molecule has 0 bridgehead atoms. The third-order valence-electron chi connectivity index (χ3n) is 2.53. The molecule has 0 amide bonds. The van der Waals surface area contributed by atoms with E-state index in [1.807, 2.05) is 0 Å². The van der Waals surface area contributed by atoms with E-state index in [1.165, 1.54) is 0 Å². The molecule has 0 saturated carbocycles. The SMILES string of the molecule is CS(=O)(=O)CCCNS(=O)(=O)c1ccc(F)c(CN)c1. The van der Waals surface area contributed by atoms with Crippen molar-refractivity contribution in [2.24, 2.45) is 5.73 Å². The predicted octanol–water partition coefficient (Wildman–Crippen LogP) is -0.00260. The molecule has 20 heavy (non-hydrogen) atoms. The maximum absolute atomic E-state index is 13.2. The molecule has 0 fully saturated rings. The molecule has 0 radical (unpaired) electrons. The van der Waals surface area contributed by atoms with Gasteiger partial charge in [0, 0.05) is 24.9 Å². The fourth-order valence-corrected chi connectivity index (χ4v) is 3.29. The molecule has 6 nitrogen and oxygen atoms in total. The highest BCUT2D eigenvalue weighted by atomic mass is 32.2. The van der Waals surface area contributed by atoms with Crippen LogP contribution in [0.2, 0.25) is 0 Å². The lowest BCUT2D eigenvalue weighted by molar-refractivity contribution is 0.575. The Morgan fingerprint density at radius 2 is 1.90 bits per heavy atom. The molecule has 0 spiro atoms. The Morgan fingerprint density at radius 1 is 1.25 bits per heavy atom. The molecular formula is C11H17FN2O4S2. The minimum absolute atomic E-state index is 0.00919. The third-order valence-corrected chi connectivity index (χ3v) is 5.02. The van der Waals surface area contributed by atoms with Crippen LogP contribution in [0.5, 0.6) is 0 Å². The summed E-state index contributed by atoms with van der Waals surface area (Å²) < 4.78 is 61.1. The van der Waals surface area contributed by atoms with Gasteiger partial charge in [-0.2, -0.15) is 0 Å². The number of nitrogens with two attached hydrogens (primary N) is 1. The van der Waals surface area contributed by atoms with Gasteiger partial charge in [-0.15, -0.1) is 0 Å². The summed E-state index contributed by atoms with van der Waals surface area (Å²) >= 11 is 0. The summed E-state index contributed by atoms with van der Waals surface area (Å²) in [5.74, 6) is -0.670. The number of benzene rings is 1. The number of sulfone groups is 1. The standard InChI is InChI=1S/C11H17FN2O4S2/c1-19(15,16)6-2-5-14-20(17,18)10-3-4-11(12)9(7-10)8-13/h3-4,7,14H,2,5-6,8,13H2,1H3. The van der Waals surface area contributed by atoms with E-state index in [0.717, 1.165) is 24.5 Å². The number of hydrogen-bond donors (Lipinski definition) is 2. The van der Waals surface area contributed by atoms with Crippen LogP contribution in [0.25, 0.3) is 0 Å². The molecule has 1 aromatic carbocycles. The maximum atomic E-state index is 13.2. The van der Waals surface area contributed by atoms with E-state index >= 15 is 0 Å². The van der Waals surface area contributed by atoms with Crippen molar-refractivity contribution in [1.82, 2.24) is 4.72 Å². The highest BCUT2D eigenvalue weighted by Crippen LogP contribution is 2.14. The minimum Gasteiger partial charge on any atom is -0.326 e. The van der Waals surface area contributed by atoms with Gasteiger partial charge in [0.2, 0.25) is 10.0 Å². The number of halogens is 1. The van der Waals surface area contributed by atoms with Gasteiger partial charge in [-0.05, 0) is 24.6 Å². The van der Waals surface area contributed by atoms with E-state index in [2.05, 4.69) is 4.72 Å². The van der Waals surface area contributed by atoms with Gasteiger partial charge in [0.25, 0.3) is 0 Å². The van der Waals surface area contributed by atoms with Crippen molar-refractivity contribution in [1.29, 1.82) is 0 Å². The van der Waals surface area contributed by atoms with Crippen molar-refractivity contribution in [2.45, 2.75) is 17.9 Å². The van der Waals surface area contributed by atoms with Crippen LogP contribution in [0, 0.1) is 5.82 Å². The Balaban J connectivity index is 2.74. The molecule has 0 aliphatic rings. The average molecular weight is 324 g/mol. The largest absolute Gasteiger partial charge is 0.326 e. The summed E-state index contributed by atoms with van der Waals surface area (Å²) in [6.07, 6.45) is 1.25. The maximum Gasteiger partial charge on any atom is 0.240 e. The highest BCUT2D eigenvalue weighted by Gasteiger charge is 2.15. The summed E-state index contributed by atoms with van der Waals surface area (Å²) in [4.78, 5) is -0.0984. The second-order valence-corrected chi connectivity index (χ2v) is 8.37. The molecular weight excluding hydrogens is 307 g/mol. The number of sulfonamides is 1. The van der Waals surface area contributed by atoms with E-state index in [1.54, 1.807) is 0 Å². The van der Waals surface area contributed by atoms with Crippen LogP contribution < -0.4 is 10.5 Å². The summed E-state index contributed by atoms with van der Waals surface area (Å²) in [5.41, 5.74) is 5.41. The lowest BCUT2D eigenvalue weighted by Crippen LogP contribution is -2.26. The van der Waals surface area contributed by atoms with Gasteiger partial charge in [0.1, 0.15) is 15.7 Å². The monoisotopic (exact) mass is 324 g/mol. The van der Waals surface area contributed by atoms with Gasteiger partial charge in [0.05, 0.1) is 10.6 Å². The molecule has 0 saturated heterocycles. The van der Waals surface area contributed by atoms with Crippen molar-refractivity contribution in [3.63, 3.8) is 0 Å². The van der Waals surface area contributed by atoms with Gasteiger partial charge < -0.3 is 5.73 Å².